The molecule has 0 bridgehead atoms. The highest BCUT2D eigenvalue weighted by Crippen LogP contribution is 2.28. The molecule has 3 saturated heterocycles. The van der Waals surface area contributed by atoms with Gasteiger partial charge in [0, 0.05) is 13.1 Å². The minimum absolute atomic E-state index is 0.0614. The van der Waals surface area contributed by atoms with Crippen molar-refractivity contribution in [1.82, 2.24) is 9.21 Å². The first-order chi connectivity index (χ1) is 12.1. The lowest BCUT2D eigenvalue weighted by Crippen LogP contribution is -2.46. The Morgan fingerprint density at radius 3 is 2.48 bits per heavy atom. The standard InChI is InChI=1S/C17H26N2O5S/c20-25(21,19-9-3-4-10-19)16-7-6-14(24-16)13-18-8-2-1-5-15(18)17-22-11-12-23-17/h6-7,15,17H,1-5,8-13H2. The zero-order valence-corrected chi connectivity index (χ0v) is 15.2. The van der Waals surface area contributed by atoms with Crippen molar-refractivity contribution < 1.29 is 22.3 Å². The van der Waals surface area contributed by atoms with Gasteiger partial charge in [0.15, 0.2) is 6.29 Å². The monoisotopic (exact) mass is 370 g/mol. The van der Waals surface area contributed by atoms with Gasteiger partial charge in [-0.25, -0.2) is 8.42 Å². The second-order valence-corrected chi connectivity index (χ2v) is 8.84. The van der Waals surface area contributed by atoms with Crippen LogP contribution in [0.15, 0.2) is 21.6 Å². The molecule has 3 aliphatic heterocycles. The summed E-state index contributed by atoms with van der Waals surface area (Å²) in [5, 5.41) is 0.0614. The first kappa shape index (κ1) is 17.5. The summed E-state index contributed by atoms with van der Waals surface area (Å²) < 4.78 is 43.8. The van der Waals surface area contributed by atoms with Crippen molar-refractivity contribution in [3.63, 3.8) is 0 Å². The lowest BCUT2D eigenvalue weighted by atomic mass is 10.0. The average Bonchev–Trinajstić information content (AvgIpc) is 3.37. The van der Waals surface area contributed by atoms with E-state index in [1.165, 1.54) is 4.31 Å². The lowest BCUT2D eigenvalue weighted by Gasteiger charge is -2.37. The molecular formula is C17H26N2O5S. The highest BCUT2D eigenvalue weighted by Gasteiger charge is 2.35. The summed E-state index contributed by atoms with van der Waals surface area (Å²) in [5.41, 5.74) is 0. The average molecular weight is 370 g/mol. The Bertz CT molecular complexity index is 677. The second-order valence-electron chi connectivity index (χ2n) is 6.98. The van der Waals surface area contributed by atoms with Gasteiger partial charge in [-0.1, -0.05) is 6.42 Å². The van der Waals surface area contributed by atoms with Gasteiger partial charge in [0.2, 0.25) is 5.09 Å². The maximum absolute atomic E-state index is 12.6. The van der Waals surface area contributed by atoms with E-state index in [0.717, 1.165) is 38.6 Å². The summed E-state index contributed by atoms with van der Waals surface area (Å²) in [7, 11) is -3.49. The molecule has 0 amide bonds. The Morgan fingerprint density at radius 1 is 1.00 bits per heavy atom. The Kier molecular flexibility index (Phi) is 5.15. The van der Waals surface area contributed by atoms with Crippen molar-refractivity contribution in [3.05, 3.63) is 17.9 Å². The van der Waals surface area contributed by atoms with E-state index >= 15 is 0 Å². The second kappa shape index (κ2) is 7.36. The van der Waals surface area contributed by atoms with Gasteiger partial charge in [-0.2, -0.15) is 4.31 Å². The smallest absolute Gasteiger partial charge is 0.276 e. The van der Waals surface area contributed by atoms with Crippen LogP contribution in [0.1, 0.15) is 37.9 Å². The number of hydrogen-bond acceptors (Lipinski definition) is 6. The normalized spacial score (nSPS) is 27.3. The van der Waals surface area contributed by atoms with E-state index in [2.05, 4.69) is 4.90 Å². The fraction of sp³-hybridized carbons (Fsp3) is 0.765. The molecule has 0 aliphatic carbocycles. The Hall–Kier alpha value is -0.930. The molecule has 1 aromatic heterocycles. The van der Waals surface area contributed by atoms with Crippen molar-refractivity contribution in [2.24, 2.45) is 0 Å². The number of likely N-dealkylation sites (tertiary alicyclic amines) is 1. The third-order valence-electron chi connectivity index (χ3n) is 5.28. The van der Waals surface area contributed by atoms with Gasteiger partial charge in [0.05, 0.1) is 25.8 Å². The molecule has 1 aromatic rings. The zero-order chi connectivity index (χ0) is 17.3. The molecule has 140 valence electrons. The van der Waals surface area contributed by atoms with Crippen molar-refractivity contribution >= 4 is 10.0 Å². The van der Waals surface area contributed by atoms with Gasteiger partial charge in [-0.15, -0.1) is 0 Å². The van der Waals surface area contributed by atoms with Gasteiger partial charge >= 0.3 is 0 Å². The van der Waals surface area contributed by atoms with E-state index in [9.17, 15) is 8.42 Å². The number of nitrogens with zero attached hydrogens (tertiary/aromatic N) is 2. The van der Waals surface area contributed by atoms with E-state index in [1.807, 2.05) is 0 Å². The minimum atomic E-state index is -3.49. The zero-order valence-electron chi connectivity index (χ0n) is 14.4. The lowest BCUT2D eigenvalue weighted by molar-refractivity contribution is -0.112. The summed E-state index contributed by atoms with van der Waals surface area (Å²) in [4.78, 5) is 2.30. The molecule has 0 saturated carbocycles. The number of piperidine rings is 1. The molecule has 0 N–H and O–H groups in total. The van der Waals surface area contributed by atoms with E-state index in [1.54, 1.807) is 12.1 Å². The molecule has 1 unspecified atom stereocenters. The van der Waals surface area contributed by atoms with Crippen molar-refractivity contribution in [3.8, 4) is 0 Å². The van der Waals surface area contributed by atoms with Crippen LogP contribution in [0.4, 0.5) is 0 Å². The Balaban J connectivity index is 1.46. The van der Waals surface area contributed by atoms with E-state index in [4.69, 9.17) is 13.9 Å². The van der Waals surface area contributed by atoms with Crippen LogP contribution >= 0.6 is 0 Å². The van der Waals surface area contributed by atoms with Crippen LogP contribution in [0.25, 0.3) is 0 Å². The molecule has 0 spiro atoms. The quantitative estimate of drug-likeness (QED) is 0.787. The molecule has 7 nitrogen and oxygen atoms in total. The van der Waals surface area contributed by atoms with Gasteiger partial charge < -0.3 is 13.9 Å². The number of hydrogen-bond donors (Lipinski definition) is 0. The van der Waals surface area contributed by atoms with Crippen molar-refractivity contribution in [2.75, 3.05) is 32.8 Å². The maximum atomic E-state index is 12.6. The summed E-state index contributed by atoms with van der Waals surface area (Å²) >= 11 is 0. The van der Waals surface area contributed by atoms with Crippen molar-refractivity contribution in [1.29, 1.82) is 0 Å². The molecule has 1 atom stereocenters. The number of furan rings is 1. The number of sulfonamides is 1. The molecule has 0 radical (unpaired) electrons. The SMILES string of the molecule is O=S(=O)(c1ccc(CN2CCCCC2C2OCCO2)o1)N1CCCC1. The summed E-state index contributed by atoms with van der Waals surface area (Å²) in [6, 6.07) is 3.58. The van der Waals surface area contributed by atoms with Gasteiger partial charge in [-0.3, -0.25) is 4.90 Å². The van der Waals surface area contributed by atoms with Crippen LogP contribution in [-0.2, 0) is 26.0 Å². The van der Waals surface area contributed by atoms with Gasteiger partial charge in [-0.05, 0) is 44.4 Å². The predicted octanol–water partition coefficient (Wildman–Crippen LogP) is 1.79. The van der Waals surface area contributed by atoms with E-state index in [0.29, 0.717) is 38.6 Å². The van der Waals surface area contributed by atoms with Crippen LogP contribution in [0, 0.1) is 0 Å². The third kappa shape index (κ3) is 3.64. The molecule has 3 fully saturated rings. The van der Waals surface area contributed by atoms with Crippen LogP contribution in [0.2, 0.25) is 0 Å². The van der Waals surface area contributed by atoms with Crippen LogP contribution < -0.4 is 0 Å². The first-order valence-electron chi connectivity index (χ1n) is 9.21. The number of rotatable bonds is 5. The Morgan fingerprint density at radius 2 is 1.72 bits per heavy atom. The topological polar surface area (TPSA) is 72.2 Å². The molecule has 25 heavy (non-hydrogen) atoms. The van der Waals surface area contributed by atoms with E-state index < -0.39 is 10.0 Å². The van der Waals surface area contributed by atoms with Crippen molar-refractivity contribution in [2.45, 2.75) is 56.1 Å². The molecule has 3 aliphatic rings. The maximum Gasteiger partial charge on any atom is 0.276 e. The minimum Gasteiger partial charge on any atom is -0.447 e. The molecular weight excluding hydrogens is 344 g/mol. The molecule has 4 rings (SSSR count). The van der Waals surface area contributed by atoms with Crippen LogP contribution in [0.3, 0.4) is 0 Å². The number of ether oxygens (including phenoxy) is 2. The van der Waals surface area contributed by atoms with Gasteiger partial charge in [0.25, 0.3) is 10.0 Å². The molecule has 8 heteroatoms. The highest BCUT2D eigenvalue weighted by molar-refractivity contribution is 7.89. The summed E-state index contributed by atoms with van der Waals surface area (Å²) in [6.45, 7) is 4.00. The molecule has 4 heterocycles. The summed E-state index contributed by atoms with van der Waals surface area (Å²) in [5.74, 6) is 0.683. The largest absolute Gasteiger partial charge is 0.447 e. The van der Waals surface area contributed by atoms with E-state index in [-0.39, 0.29) is 17.4 Å². The highest BCUT2D eigenvalue weighted by atomic mass is 32.2. The third-order valence-corrected chi connectivity index (χ3v) is 7.05. The fourth-order valence-electron chi connectivity index (χ4n) is 3.96. The fourth-order valence-corrected chi connectivity index (χ4v) is 5.40. The predicted molar refractivity (Wildman–Crippen MR) is 90.4 cm³/mol. The van der Waals surface area contributed by atoms with Crippen LogP contribution in [0.5, 0.6) is 0 Å². The summed E-state index contributed by atoms with van der Waals surface area (Å²) in [6.07, 6.45) is 4.99. The van der Waals surface area contributed by atoms with Gasteiger partial charge in [0.1, 0.15) is 5.76 Å². The first-order valence-corrected chi connectivity index (χ1v) is 10.6. The molecule has 0 aromatic carbocycles. The van der Waals surface area contributed by atoms with Crippen LogP contribution in [-0.4, -0.2) is 62.8 Å². The Labute approximate surface area is 148 Å².